The van der Waals surface area contributed by atoms with Crippen LogP contribution in [0.5, 0.6) is 0 Å². The maximum Gasteiger partial charge on any atom is 0.217 e. The number of nitrogens with one attached hydrogen (secondary N) is 2. The molecular weight excluding hydrogens is 960 g/mol. The van der Waals surface area contributed by atoms with E-state index in [1.165, 1.54) is 6.92 Å². The minimum absolute atomic E-state index is 0.601. The summed E-state index contributed by atoms with van der Waals surface area (Å²) in [6.07, 6.45) is -49.1. The predicted octanol–water partition coefficient (Wildman–Crippen LogP) is -12.1. The number of carbonyl (C=O) groups is 2. The molecule has 31 nitrogen and oxygen atoms in total. The minimum atomic E-state index is -2.14. The van der Waals surface area contributed by atoms with Crippen molar-refractivity contribution in [3.8, 4) is 0 Å². The summed E-state index contributed by atoms with van der Waals surface area (Å²) in [7, 11) is 0. The molecule has 6 heterocycles. The number of carbonyl (C=O) groups excluding carboxylic acids is 2. The number of hydrogen-bond acceptors (Lipinski definition) is 29. The highest BCUT2D eigenvalue weighted by Gasteiger charge is 2.57. The summed E-state index contributed by atoms with van der Waals surface area (Å²) < 4.78 is 63.5. The lowest BCUT2D eigenvalue weighted by Crippen LogP contribution is -2.71. The second kappa shape index (κ2) is 24.5. The molecule has 6 rings (SSSR count). The quantitative estimate of drug-likeness (QED) is 0.0682. The molecule has 29 atom stereocenters. The van der Waals surface area contributed by atoms with Gasteiger partial charge in [0.25, 0.3) is 0 Å². The predicted molar refractivity (Wildman–Crippen MR) is 215 cm³/mol. The molecule has 406 valence electrons. The first-order valence-corrected chi connectivity index (χ1v) is 22.4. The van der Waals surface area contributed by atoms with Gasteiger partial charge >= 0.3 is 0 Å². The Labute approximate surface area is 397 Å². The van der Waals surface area contributed by atoms with E-state index in [1.807, 2.05) is 0 Å². The molecule has 31 heteroatoms. The Bertz CT molecular complexity index is 1680. The Morgan fingerprint density at radius 2 is 0.957 bits per heavy atom. The van der Waals surface area contributed by atoms with E-state index in [9.17, 15) is 91.3 Å². The lowest BCUT2D eigenvalue weighted by molar-refractivity contribution is -0.389. The second-order valence-electron chi connectivity index (χ2n) is 17.8. The zero-order valence-electron chi connectivity index (χ0n) is 37.7. The van der Waals surface area contributed by atoms with Crippen LogP contribution in [0.1, 0.15) is 20.8 Å². The molecule has 0 aliphatic carbocycles. The van der Waals surface area contributed by atoms with Crippen molar-refractivity contribution < 1.29 is 143 Å². The third-order valence-electron chi connectivity index (χ3n) is 12.8. The van der Waals surface area contributed by atoms with Gasteiger partial charge in [0.1, 0.15) is 134 Å². The lowest BCUT2D eigenvalue weighted by Gasteiger charge is -2.51. The van der Waals surface area contributed by atoms with E-state index in [2.05, 4.69) is 10.6 Å². The normalized spacial score (nSPS) is 50.3. The molecule has 0 bridgehead atoms. The smallest absolute Gasteiger partial charge is 0.217 e. The van der Waals surface area contributed by atoms with Crippen LogP contribution in [0.4, 0.5) is 0 Å². The summed E-state index contributed by atoms with van der Waals surface area (Å²) in [4.78, 5) is 25.2. The van der Waals surface area contributed by atoms with Gasteiger partial charge in [-0.1, -0.05) is 0 Å². The fourth-order valence-corrected chi connectivity index (χ4v) is 8.86. The maximum absolute atomic E-state index is 12.8. The molecule has 6 aliphatic heterocycles. The van der Waals surface area contributed by atoms with Crippen LogP contribution in [-0.4, -0.2) is 305 Å². The van der Waals surface area contributed by atoms with Gasteiger partial charge in [-0.15, -0.1) is 0 Å². The van der Waals surface area contributed by atoms with Crippen LogP contribution >= 0.6 is 0 Å². The van der Waals surface area contributed by atoms with Crippen LogP contribution in [0.2, 0.25) is 0 Å². The molecule has 0 aromatic rings. The van der Waals surface area contributed by atoms with E-state index in [-0.39, 0.29) is 0 Å². The Morgan fingerprint density at radius 3 is 1.59 bits per heavy atom. The van der Waals surface area contributed by atoms with Crippen LogP contribution in [0.25, 0.3) is 0 Å². The Kier molecular flexibility index (Phi) is 20.0. The highest BCUT2D eigenvalue weighted by molar-refractivity contribution is 5.73. The number of amides is 2. The maximum atomic E-state index is 12.8. The van der Waals surface area contributed by atoms with Gasteiger partial charge in [0, 0.05) is 13.8 Å². The molecule has 18 N–H and O–H groups in total. The van der Waals surface area contributed by atoms with E-state index in [0.29, 0.717) is 0 Å². The van der Waals surface area contributed by atoms with Crippen LogP contribution in [-0.2, 0) is 61.7 Å². The highest BCUT2D eigenvalue weighted by Crippen LogP contribution is 2.36. The SMILES string of the molecule is CC(=O)N[C@@H]1[C@@H](O[C@H]2O[C@@H](C)[C@@H](O)[C@@H](O)[C@@H]2O)[C@H](O[C@@H]2O[C@H](CO)[C@@H](O[C@@H]3O[C@H](CO[C@@H]4O[C@H](CO)[C@@H](O)[C@H](O)[C@@H]4O)[C@@H](O)[C@H](O)[C@@H]3O[C@@H]3OC[C@@H](O)[C@H](O)[C@H]3O)[C@H](O)[C@H]2NC(C)=O)[C@@H](CO)O[C@H]1O. The number of aliphatic hydroxyl groups excluding tert-OH is 16. The summed E-state index contributed by atoms with van der Waals surface area (Å²) in [6, 6.07) is -3.40. The van der Waals surface area contributed by atoms with Crippen molar-refractivity contribution in [2.24, 2.45) is 0 Å². The number of ether oxygens (including phenoxy) is 11. The van der Waals surface area contributed by atoms with Gasteiger partial charge in [0.2, 0.25) is 11.8 Å². The molecule has 70 heavy (non-hydrogen) atoms. The Morgan fingerprint density at radius 1 is 0.457 bits per heavy atom. The minimum Gasteiger partial charge on any atom is -0.394 e. The van der Waals surface area contributed by atoms with E-state index >= 15 is 0 Å². The van der Waals surface area contributed by atoms with Crippen molar-refractivity contribution in [3.05, 3.63) is 0 Å². The van der Waals surface area contributed by atoms with Crippen LogP contribution < -0.4 is 10.6 Å². The molecular formula is C39H66N2O29. The van der Waals surface area contributed by atoms with Crippen molar-refractivity contribution in [1.82, 2.24) is 10.6 Å². The fraction of sp³-hybridized carbons (Fsp3) is 0.949. The summed E-state index contributed by atoms with van der Waals surface area (Å²) in [5.41, 5.74) is 0. The lowest BCUT2D eigenvalue weighted by atomic mass is 9.93. The highest BCUT2D eigenvalue weighted by atomic mass is 16.8. The average Bonchev–Trinajstić information content (AvgIpc) is 3.32. The molecule has 0 spiro atoms. The van der Waals surface area contributed by atoms with Crippen molar-refractivity contribution in [3.63, 3.8) is 0 Å². The van der Waals surface area contributed by atoms with E-state index in [1.54, 1.807) is 0 Å². The number of aliphatic hydroxyl groups is 16. The summed E-state index contributed by atoms with van der Waals surface area (Å²) >= 11 is 0. The van der Waals surface area contributed by atoms with E-state index in [4.69, 9.17) is 52.1 Å². The van der Waals surface area contributed by atoms with Gasteiger partial charge in [-0.05, 0) is 6.92 Å². The Hall–Kier alpha value is -2.14. The zero-order valence-corrected chi connectivity index (χ0v) is 37.7. The van der Waals surface area contributed by atoms with Crippen molar-refractivity contribution in [1.29, 1.82) is 0 Å². The van der Waals surface area contributed by atoms with E-state index in [0.717, 1.165) is 13.8 Å². The molecule has 6 saturated heterocycles. The van der Waals surface area contributed by atoms with Crippen molar-refractivity contribution in [2.45, 2.75) is 199 Å². The van der Waals surface area contributed by atoms with Gasteiger partial charge < -0.3 is 144 Å². The molecule has 0 saturated carbocycles. The standard InChI is InChI=1S/C39H66N2O29/c1-9-19(48)24(53)29(58)38(62-9)69-32-18(41-11(3)46)34(59)63-15(6-44)31(32)68-35-17(40-10(2)45)23(52)30(14(5-43)65-35)67-39-33(70-37-27(56)20(49)12(47)7-60-37)26(55)22(51)16(66-39)8-61-36-28(57)25(54)21(50)13(4-42)64-36/h9,12-39,42-44,47-59H,4-8H2,1-3H3,(H,40,45)(H,41,46)/t9-,12+,13+,14+,15+,16+,17+,18+,19+,20-,21+,22+,23+,24+,25-,26-,27+,28-,29-,30+,31+,32+,33-,34+,35-,36+,37-,38+,39-/m0/s1. The second-order valence-corrected chi connectivity index (χ2v) is 17.8. The van der Waals surface area contributed by atoms with Crippen LogP contribution in [0, 0.1) is 0 Å². The third-order valence-corrected chi connectivity index (χ3v) is 12.8. The molecule has 0 radical (unpaired) electrons. The van der Waals surface area contributed by atoms with Crippen molar-refractivity contribution in [2.75, 3.05) is 33.0 Å². The zero-order chi connectivity index (χ0) is 51.6. The van der Waals surface area contributed by atoms with E-state index < -0.39 is 223 Å². The fourth-order valence-electron chi connectivity index (χ4n) is 8.86. The summed E-state index contributed by atoms with van der Waals surface area (Å²) in [5, 5.41) is 175. The Balaban J connectivity index is 1.29. The van der Waals surface area contributed by atoms with Gasteiger partial charge in [0.05, 0.1) is 39.1 Å². The average molecular weight is 1030 g/mol. The van der Waals surface area contributed by atoms with Crippen LogP contribution in [0.15, 0.2) is 0 Å². The van der Waals surface area contributed by atoms with Crippen molar-refractivity contribution >= 4 is 11.8 Å². The largest absolute Gasteiger partial charge is 0.394 e. The topological polar surface area (TPSA) is 483 Å². The molecule has 6 fully saturated rings. The monoisotopic (exact) mass is 1030 g/mol. The number of rotatable bonds is 16. The van der Waals surface area contributed by atoms with Gasteiger partial charge in [-0.25, -0.2) is 0 Å². The first-order valence-electron chi connectivity index (χ1n) is 22.4. The van der Waals surface area contributed by atoms with Crippen LogP contribution in [0.3, 0.4) is 0 Å². The van der Waals surface area contributed by atoms with Gasteiger partial charge in [-0.2, -0.15) is 0 Å². The molecule has 6 aliphatic rings. The molecule has 0 aromatic carbocycles. The third kappa shape index (κ3) is 12.3. The number of hydrogen-bond donors (Lipinski definition) is 18. The molecule has 0 aromatic heterocycles. The molecule has 0 unspecified atom stereocenters. The van der Waals surface area contributed by atoms with Gasteiger partial charge in [0.15, 0.2) is 37.7 Å². The summed E-state index contributed by atoms with van der Waals surface area (Å²) in [6.45, 7) is -0.861. The molecule has 2 amide bonds. The van der Waals surface area contributed by atoms with Gasteiger partial charge in [-0.3, -0.25) is 9.59 Å². The first-order chi connectivity index (χ1) is 33.0. The first kappa shape index (κ1) is 57.1. The summed E-state index contributed by atoms with van der Waals surface area (Å²) in [5.74, 6) is -1.60.